The molecule has 5 nitrogen and oxygen atoms in total. The van der Waals surface area contributed by atoms with Gasteiger partial charge in [-0.3, -0.25) is 4.72 Å². The average Bonchev–Trinajstić information content (AvgIpc) is 2.43. The molecule has 9 heteroatoms. The SMILES string of the molecule is NCc1ccc(S(=O)(=O)Nc2c(Cl)cc(F)cc2Cl)nc1. The van der Waals surface area contributed by atoms with E-state index in [2.05, 4.69) is 9.71 Å². The van der Waals surface area contributed by atoms with Crippen LogP contribution in [0.3, 0.4) is 0 Å². The Morgan fingerprint density at radius 3 is 2.33 bits per heavy atom. The maximum Gasteiger partial charge on any atom is 0.279 e. The van der Waals surface area contributed by atoms with Crippen LogP contribution in [0.1, 0.15) is 5.56 Å². The third-order valence-corrected chi connectivity index (χ3v) is 4.41. The predicted molar refractivity (Wildman–Crippen MR) is 79.4 cm³/mol. The van der Waals surface area contributed by atoms with Crippen molar-refractivity contribution in [1.29, 1.82) is 0 Å². The van der Waals surface area contributed by atoms with E-state index in [9.17, 15) is 12.8 Å². The molecule has 0 aliphatic rings. The monoisotopic (exact) mass is 349 g/mol. The second-order valence-corrected chi connectivity index (χ2v) is 6.50. The fourth-order valence-electron chi connectivity index (χ4n) is 1.52. The summed E-state index contributed by atoms with van der Waals surface area (Å²) in [6, 6.07) is 4.75. The molecule has 0 amide bonds. The van der Waals surface area contributed by atoms with Gasteiger partial charge in [0, 0.05) is 12.7 Å². The minimum atomic E-state index is -3.99. The van der Waals surface area contributed by atoms with E-state index in [0.29, 0.717) is 5.56 Å². The number of hydrogen-bond donors (Lipinski definition) is 2. The first-order chi connectivity index (χ1) is 9.83. The highest BCUT2D eigenvalue weighted by Gasteiger charge is 2.19. The molecule has 1 aromatic heterocycles. The van der Waals surface area contributed by atoms with Crippen LogP contribution < -0.4 is 10.5 Å². The molecule has 0 unspecified atom stereocenters. The molecule has 112 valence electrons. The Hall–Kier alpha value is -1.41. The van der Waals surface area contributed by atoms with Gasteiger partial charge >= 0.3 is 0 Å². The average molecular weight is 350 g/mol. The highest BCUT2D eigenvalue weighted by atomic mass is 35.5. The van der Waals surface area contributed by atoms with E-state index >= 15 is 0 Å². The lowest BCUT2D eigenvalue weighted by Gasteiger charge is -2.11. The van der Waals surface area contributed by atoms with Crippen molar-refractivity contribution in [3.05, 3.63) is 51.9 Å². The molecular weight excluding hydrogens is 340 g/mol. The quantitative estimate of drug-likeness (QED) is 0.888. The molecule has 0 bridgehead atoms. The van der Waals surface area contributed by atoms with Gasteiger partial charge in [0.2, 0.25) is 0 Å². The Kier molecular flexibility index (Phi) is 4.67. The largest absolute Gasteiger partial charge is 0.326 e. The molecule has 0 spiro atoms. The summed E-state index contributed by atoms with van der Waals surface area (Å²) in [7, 11) is -3.99. The van der Waals surface area contributed by atoms with E-state index < -0.39 is 15.8 Å². The van der Waals surface area contributed by atoms with Crippen LogP contribution in [0.4, 0.5) is 10.1 Å². The number of rotatable bonds is 4. The molecule has 1 heterocycles. The third-order valence-electron chi connectivity index (χ3n) is 2.55. The van der Waals surface area contributed by atoms with E-state index in [-0.39, 0.29) is 27.3 Å². The molecule has 3 N–H and O–H groups in total. The summed E-state index contributed by atoms with van der Waals surface area (Å²) in [6.45, 7) is 0.246. The number of hydrogen-bond acceptors (Lipinski definition) is 4. The fraction of sp³-hybridized carbons (Fsp3) is 0.0833. The standard InChI is InChI=1S/C12H10Cl2FN3O2S/c13-9-3-8(15)4-10(14)12(9)18-21(19,20)11-2-1-7(5-16)6-17-11/h1-4,6,18H,5,16H2. The smallest absolute Gasteiger partial charge is 0.279 e. The van der Waals surface area contributed by atoms with Crippen molar-refractivity contribution in [2.75, 3.05) is 4.72 Å². The van der Waals surface area contributed by atoms with Crippen LogP contribution in [-0.4, -0.2) is 13.4 Å². The number of benzene rings is 1. The zero-order valence-electron chi connectivity index (χ0n) is 10.5. The molecule has 2 aromatic rings. The normalized spacial score (nSPS) is 11.4. The molecule has 1 aromatic carbocycles. The van der Waals surface area contributed by atoms with Gasteiger partial charge in [0.1, 0.15) is 5.82 Å². The van der Waals surface area contributed by atoms with Crippen LogP contribution in [0.15, 0.2) is 35.5 Å². The van der Waals surface area contributed by atoms with Crippen LogP contribution in [0.25, 0.3) is 0 Å². The summed E-state index contributed by atoms with van der Waals surface area (Å²) in [4.78, 5) is 3.80. The summed E-state index contributed by atoms with van der Waals surface area (Å²) in [6.07, 6.45) is 1.35. The Morgan fingerprint density at radius 2 is 1.86 bits per heavy atom. The van der Waals surface area contributed by atoms with Gasteiger partial charge in [0.25, 0.3) is 10.0 Å². The van der Waals surface area contributed by atoms with Gasteiger partial charge in [-0.1, -0.05) is 29.3 Å². The number of nitrogens with zero attached hydrogens (tertiary/aromatic N) is 1. The lowest BCUT2D eigenvalue weighted by molar-refractivity contribution is 0.597. The number of nitrogens with two attached hydrogens (primary N) is 1. The summed E-state index contributed by atoms with van der Waals surface area (Å²) in [5, 5.41) is -0.527. The van der Waals surface area contributed by atoms with E-state index in [1.54, 1.807) is 0 Å². The van der Waals surface area contributed by atoms with Crippen molar-refractivity contribution >= 4 is 38.9 Å². The lowest BCUT2D eigenvalue weighted by Crippen LogP contribution is -2.15. The van der Waals surface area contributed by atoms with Crippen molar-refractivity contribution < 1.29 is 12.8 Å². The van der Waals surface area contributed by atoms with E-state index in [1.165, 1.54) is 18.3 Å². The summed E-state index contributed by atoms with van der Waals surface area (Å²) < 4.78 is 39.6. The second kappa shape index (κ2) is 6.15. The lowest BCUT2D eigenvalue weighted by atomic mass is 10.3. The van der Waals surface area contributed by atoms with Crippen molar-refractivity contribution in [3.8, 4) is 0 Å². The summed E-state index contributed by atoms with van der Waals surface area (Å²) >= 11 is 11.6. The second-order valence-electron chi connectivity index (χ2n) is 4.06. The number of nitrogens with one attached hydrogen (secondary N) is 1. The number of aromatic nitrogens is 1. The molecule has 0 saturated heterocycles. The maximum atomic E-state index is 13.1. The summed E-state index contributed by atoms with van der Waals surface area (Å²) in [5.41, 5.74) is 5.99. The van der Waals surface area contributed by atoms with Crippen molar-refractivity contribution in [1.82, 2.24) is 4.98 Å². The first-order valence-electron chi connectivity index (χ1n) is 5.66. The zero-order chi connectivity index (χ0) is 15.6. The molecule has 0 aliphatic heterocycles. The van der Waals surface area contributed by atoms with Crippen molar-refractivity contribution in [2.45, 2.75) is 11.6 Å². The molecular formula is C12H10Cl2FN3O2S. The molecule has 0 saturated carbocycles. The Labute approximate surface area is 130 Å². The van der Waals surface area contributed by atoms with Gasteiger partial charge < -0.3 is 5.73 Å². The Morgan fingerprint density at radius 1 is 1.24 bits per heavy atom. The van der Waals surface area contributed by atoms with Gasteiger partial charge in [-0.15, -0.1) is 0 Å². The minimum absolute atomic E-state index is 0.107. The number of halogens is 3. The molecule has 21 heavy (non-hydrogen) atoms. The summed E-state index contributed by atoms with van der Waals surface area (Å²) in [5.74, 6) is -0.668. The van der Waals surface area contributed by atoms with Gasteiger partial charge in [-0.2, -0.15) is 8.42 Å². The van der Waals surface area contributed by atoms with Gasteiger partial charge in [0.15, 0.2) is 5.03 Å². The van der Waals surface area contributed by atoms with Gasteiger partial charge in [-0.25, -0.2) is 9.37 Å². The fourth-order valence-corrected chi connectivity index (χ4v) is 3.22. The zero-order valence-corrected chi connectivity index (χ0v) is 12.8. The maximum absolute atomic E-state index is 13.1. The van der Waals surface area contributed by atoms with Crippen LogP contribution in [0, 0.1) is 5.82 Å². The highest BCUT2D eigenvalue weighted by Crippen LogP contribution is 2.32. The Balaban J connectivity index is 2.37. The molecule has 0 radical (unpaired) electrons. The van der Waals surface area contributed by atoms with Crippen LogP contribution >= 0.6 is 23.2 Å². The number of sulfonamides is 1. The third kappa shape index (κ3) is 3.62. The van der Waals surface area contributed by atoms with Gasteiger partial charge in [-0.05, 0) is 23.8 Å². The highest BCUT2D eigenvalue weighted by molar-refractivity contribution is 7.92. The molecule has 0 atom stereocenters. The number of anilines is 1. The molecule has 2 rings (SSSR count). The predicted octanol–water partition coefficient (Wildman–Crippen LogP) is 2.79. The van der Waals surface area contributed by atoms with Crippen LogP contribution in [0.5, 0.6) is 0 Å². The van der Waals surface area contributed by atoms with Crippen LogP contribution in [0.2, 0.25) is 10.0 Å². The van der Waals surface area contributed by atoms with Crippen molar-refractivity contribution in [3.63, 3.8) is 0 Å². The Bertz CT molecular complexity index is 744. The minimum Gasteiger partial charge on any atom is -0.326 e. The van der Waals surface area contributed by atoms with E-state index in [1.807, 2.05) is 0 Å². The van der Waals surface area contributed by atoms with E-state index in [4.69, 9.17) is 28.9 Å². The van der Waals surface area contributed by atoms with Gasteiger partial charge in [0.05, 0.1) is 15.7 Å². The molecule has 0 fully saturated rings. The first kappa shape index (κ1) is 16.0. The topological polar surface area (TPSA) is 85.1 Å². The molecule has 0 aliphatic carbocycles. The van der Waals surface area contributed by atoms with E-state index in [0.717, 1.165) is 12.1 Å². The number of pyridine rings is 1. The first-order valence-corrected chi connectivity index (χ1v) is 7.90. The van der Waals surface area contributed by atoms with Crippen LogP contribution in [-0.2, 0) is 16.6 Å². The van der Waals surface area contributed by atoms with Crippen molar-refractivity contribution in [2.24, 2.45) is 5.73 Å².